The first kappa shape index (κ1) is 13.8. The van der Waals surface area contributed by atoms with E-state index in [9.17, 15) is 4.79 Å². The molecule has 0 radical (unpaired) electrons. The van der Waals surface area contributed by atoms with E-state index in [1.54, 1.807) is 0 Å². The molecular formula is C14H26N2O2. The molecule has 0 bridgehead atoms. The molecule has 2 rings (SSSR count). The van der Waals surface area contributed by atoms with Crippen molar-refractivity contribution in [2.45, 2.75) is 51.5 Å². The largest absolute Gasteiger partial charge is 0.381 e. The van der Waals surface area contributed by atoms with Crippen LogP contribution in [-0.4, -0.2) is 38.3 Å². The van der Waals surface area contributed by atoms with Crippen LogP contribution in [-0.2, 0) is 9.53 Å². The Kier molecular flexibility index (Phi) is 5.01. The first-order valence-corrected chi connectivity index (χ1v) is 7.26. The van der Waals surface area contributed by atoms with Crippen LogP contribution in [0, 0.1) is 5.41 Å². The topological polar surface area (TPSA) is 50.4 Å². The first-order chi connectivity index (χ1) is 8.68. The fourth-order valence-corrected chi connectivity index (χ4v) is 3.00. The van der Waals surface area contributed by atoms with Gasteiger partial charge in [0.15, 0.2) is 0 Å². The molecule has 104 valence electrons. The molecule has 2 aliphatic rings. The number of hydrogen-bond donors (Lipinski definition) is 2. The SMILES string of the molecule is CC1(CNCC(=O)NC2CCOCC2)CCCC1. The number of carbonyl (C=O) groups is 1. The van der Waals surface area contributed by atoms with Crippen molar-refractivity contribution in [3.05, 3.63) is 0 Å². The number of rotatable bonds is 5. The van der Waals surface area contributed by atoms with Gasteiger partial charge in [0.05, 0.1) is 6.54 Å². The van der Waals surface area contributed by atoms with Gasteiger partial charge < -0.3 is 15.4 Å². The van der Waals surface area contributed by atoms with Crippen LogP contribution in [0.1, 0.15) is 45.4 Å². The third kappa shape index (κ3) is 4.25. The molecule has 1 aliphatic carbocycles. The monoisotopic (exact) mass is 254 g/mol. The lowest BCUT2D eigenvalue weighted by Gasteiger charge is -2.25. The second-order valence-electron chi connectivity index (χ2n) is 6.08. The van der Waals surface area contributed by atoms with E-state index >= 15 is 0 Å². The van der Waals surface area contributed by atoms with Gasteiger partial charge in [0, 0.05) is 25.8 Å². The van der Waals surface area contributed by atoms with Gasteiger partial charge in [0.25, 0.3) is 0 Å². The molecule has 1 saturated heterocycles. The van der Waals surface area contributed by atoms with Gasteiger partial charge in [-0.1, -0.05) is 19.8 Å². The van der Waals surface area contributed by atoms with Gasteiger partial charge >= 0.3 is 0 Å². The van der Waals surface area contributed by atoms with Crippen molar-refractivity contribution in [3.63, 3.8) is 0 Å². The van der Waals surface area contributed by atoms with E-state index in [0.717, 1.165) is 32.6 Å². The lowest BCUT2D eigenvalue weighted by molar-refractivity contribution is -0.121. The third-order valence-corrected chi connectivity index (χ3v) is 4.23. The first-order valence-electron chi connectivity index (χ1n) is 7.26. The van der Waals surface area contributed by atoms with E-state index in [4.69, 9.17) is 4.74 Å². The summed E-state index contributed by atoms with van der Waals surface area (Å²) < 4.78 is 5.28. The lowest BCUT2D eigenvalue weighted by atomic mass is 9.89. The highest BCUT2D eigenvalue weighted by Crippen LogP contribution is 2.36. The Labute approximate surface area is 110 Å². The van der Waals surface area contributed by atoms with Gasteiger partial charge in [-0.3, -0.25) is 4.79 Å². The maximum Gasteiger partial charge on any atom is 0.234 e. The number of amides is 1. The minimum absolute atomic E-state index is 0.128. The summed E-state index contributed by atoms with van der Waals surface area (Å²) in [5, 5.41) is 6.39. The molecule has 0 aromatic heterocycles. The molecule has 0 aromatic rings. The lowest BCUT2D eigenvalue weighted by Crippen LogP contribution is -2.44. The van der Waals surface area contributed by atoms with Crippen molar-refractivity contribution in [3.8, 4) is 0 Å². The van der Waals surface area contributed by atoms with Gasteiger partial charge in [-0.2, -0.15) is 0 Å². The number of hydrogen-bond acceptors (Lipinski definition) is 3. The van der Waals surface area contributed by atoms with Crippen LogP contribution < -0.4 is 10.6 Å². The van der Waals surface area contributed by atoms with Gasteiger partial charge in [-0.25, -0.2) is 0 Å². The highest BCUT2D eigenvalue weighted by molar-refractivity contribution is 5.78. The van der Waals surface area contributed by atoms with Crippen LogP contribution in [0.2, 0.25) is 0 Å². The van der Waals surface area contributed by atoms with E-state index in [0.29, 0.717) is 18.0 Å². The summed E-state index contributed by atoms with van der Waals surface area (Å²) >= 11 is 0. The number of ether oxygens (including phenoxy) is 1. The van der Waals surface area contributed by atoms with Gasteiger partial charge in [0.2, 0.25) is 5.91 Å². The third-order valence-electron chi connectivity index (χ3n) is 4.23. The van der Waals surface area contributed by atoms with Crippen LogP contribution >= 0.6 is 0 Å². The highest BCUT2D eigenvalue weighted by atomic mass is 16.5. The molecular weight excluding hydrogens is 228 g/mol. The summed E-state index contributed by atoms with van der Waals surface area (Å²) in [6, 6.07) is 0.315. The van der Waals surface area contributed by atoms with Crippen molar-refractivity contribution >= 4 is 5.91 Å². The van der Waals surface area contributed by atoms with Crippen LogP contribution in [0.4, 0.5) is 0 Å². The second-order valence-corrected chi connectivity index (χ2v) is 6.08. The second kappa shape index (κ2) is 6.53. The zero-order valence-electron chi connectivity index (χ0n) is 11.5. The highest BCUT2D eigenvalue weighted by Gasteiger charge is 2.28. The predicted molar refractivity (Wildman–Crippen MR) is 71.4 cm³/mol. The molecule has 1 saturated carbocycles. The zero-order chi connectivity index (χ0) is 12.8. The minimum Gasteiger partial charge on any atom is -0.381 e. The quantitative estimate of drug-likeness (QED) is 0.781. The molecule has 1 heterocycles. The number of carbonyl (C=O) groups excluding carboxylic acids is 1. The molecule has 2 N–H and O–H groups in total. The van der Waals surface area contributed by atoms with Crippen molar-refractivity contribution < 1.29 is 9.53 Å². The number of nitrogens with one attached hydrogen (secondary N) is 2. The molecule has 0 spiro atoms. The molecule has 1 amide bonds. The van der Waals surface area contributed by atoms with Crippen LogP contribution in [0.3, 0.4) is 0 Å². The Morgan fingerprint density at radius 3 is 2.61 bits per heavy atom. The van der Waals surface area contributed by atoms with Crippen molar-refractivity contribution in [2.24, 2.45) is 5.41 Å². The maximum absolute atomic E-state index is 11.8. The van der Waals surface area contributed by atoms with E-state index in [-0.39, 0.29) is 5.91 Å². The Bertz CT molecular complexity index is 269. The molecule has 18 heavy (non-hydrogen) atoms. The summed E-state index contributed by atoms with van der Waals surface area (Å²) in [7, 11) is 0. The molecule has 0 atom stereocenters. The summed E-state index contributed by atoms with van der Waals surface area (Å²) in [5.74, 6) is 0.128. The Hall–Kier alpha value is -0.610. The normalized spacial score (nSPS) is 24.1. The molecule has 2 fully saturated rings. The van der Waals surface area contributed by atoms with Gasteiger partial charge in [0.1, 0.15) is 0 Å². The van der Waals surface area contributed by atoms with Gasteiger partial charge in [-0.15, -0.1) is 0 Å². The Balaban J connectivity index is 1.59. The fourth-order valence-electron chi connectivity index (χ4n) is 3.00. The van der Waals surface area contributed by atoms with Crippen LogP contribution in [0.5, 0.6) is 0 Å². The Morgan fingerprint density at radius 1 is 1.28 bits per heavy atom. The van der Waals surface area contributed by atoms with Crippen molar-refractivity contribution in [1.29, 1.82) is 0 Å². The van der Waals surface area contributed by atoms with Crippen molar-refractivity contribution in [1.82, 2.24) is 10.6 Å². The summed E-state index contributed by atoms with van der Waals surface area (Å²) in [6.45, 7) is 5.29. The summed E-state index contributed by atoms with van der Waals surface area (Å²) in [6.07, 6.45) is 7.16. The zero-order valence-corrected chi connectivity index (χ0v) is 11.5. The van der Waals surface area contributed by atoms with Crippen LogP contribution in [0.25, 0.3) is 0 Å². The van der Waals surface area contributed by atoms with E-state index < -0.39 is 0 Å². The predicted octanol–water partition coefficient (Wildman–Crippen LogP) is 1.45. The standard InChI is InChI=1S/C14H26N2O2/c1-14(6-2-3-7-14)11-15-10-13(17)16-12-4-8-18-9-5-12/h12,15H,2-11H2,1H3,(H,16,17). The van der Waals surface area contributed by atoms with Crippen molar-refractivity contribution in [2.75, 3.05) is 26.3 Å². The molecule has 0 aromatic carbocycles. The smallest absolute Gasteiger partial charge is 0.234 e. The molecule has 4 nitrogen and oxygen atoms in total. The van der Waals surface area contributed by atoms with E-state index in [2.05, 4.69) is 17.6 Å². The molecule has 4 heteroatoms. The van der Waals surface area contributed by atoms with Gasteiger partial charge in [-0.05, 0) is 31.1 Å². The molecule has 0 unspecified atom stereocenters. The molecule has 1 aliphatic heterocycles. The maximum atomic E-state index is 11.8. The summed E-state index contributed by atoms with van der Waals surface area (Å²) in [5.41, 5.74) is 0.416. The average molecular weight is 254 g/mol. The summed E-state index contributed by atoms with van der Waals surface area (Å²) in [4.78, 5) is 11.8. The average Bonchev–Trinajstić information content (AvgIpc) is 2.77. The van der Waals surface area contributed by atoms with E-state index in [1.165, 1.54) is 25.7 Å². The Morgan fingerprint density at radius 2 is 1.94 bits per heavy atom. The fraction of sp³-hybridized carbons (Fsp3) is 0.929. The minimum atomic E-state index is 0.128. The van der Waals surface area contributed by atoms with E-state index in [1.807, 2.05) is 0 Å². The van der Waals surface area contributed by atoms with Crippen LogP contribution in [0.15, 0.2) is 0 Å².